The number of carbonyl (C=O) groups is 2. The minimum Gasteiger partial charge on any atom is -0.744 e. The number of benzene rings is 4. The van der Waals surface area contributed by atoms with Gasteiger partial charge in [-0.2, -0.15) is 5.10 Å². The fourth-order valence-corrected chi connectivity index (χ4v) is 7.54. The number of hydrogen-bond donors (Lipinski definition) is 8. The summed E-state index contributed by atoms with van der Waals surface area (Å²) < 4.78 is 73.5. The minimum absolute atomic E-state index is 0.0255. The van der Waals surface area contributed by atoms with Crippen LogP contribution in [-0.2, 0) is 29.8 Å². The molecule has 0 aliphatic heterocycles. The van der Waals surface area contributed by atoms with Gasteiger partial charge in [-0.15, -0.1) is 0 Å². The van der Waals surface area contributed by atoms with Crippen LogP contribution >= 0.6 is 67.9 Å². The number of nitrogens with zero attached hydrogens (tertiary/aromatic N) is 1. The summed E-state index contributed by atoms with van der Waals surface area (Å²) in [4.78, 5) is 25.0. The van der Waals surface area contributed by atoms with Crippen molar-refractivity contribution < 1.29 is 40.6 Å². The van der Waals surface area contributed by atoms with Crippen LogP contribution in [0.4, 0.5) is 17.1 Å². The Hall–Kier alpha value is -4.72. The van der Waals surface area contributed by atoms with Crippen LogP contribution in [0.2, 0.25) is 5.02 Å². The Bertz CT molecular complexity index is 2490. The average Bonchev–Trinajstić information content (AvgIpc) is 3.14. The summed E-state index contributed by atoms with van der Waals surface area (Å²) >= 11 is 22.6. The van der Waals surface area contributed by atoms with Gasteiger partial charge >= 0.3 is 0 Å². The SMILES string of the molecule is CNC(=S)Nc1ccc(/C=C/c2ccc(NC(=S)NNC(=O)C(Nc3ccc(Cl)cc3)C(=O)N/N=C\c3cc(Br)c(O)c(Br)c3)cc2S(=O)(=O)[O-])c(S(=O)(=O)[O-])c1. The zero-order valence-electron chi connectivity index (χ0n) is 28.7. The van der Waals surface area contributed by atoms with Crippen molar-refractivity contribution in [1.82, 2.24) is 21.6 Å². The van der Waals surface area contributed by atoms with E-state index >= 15 is 0 Å². The first-order valence-electron chi connectivity index (χ1n) is 15.5. The molecule has 57 heavy (non-hydrogen) atoms. The van der Waals surface area contributed by atoms with E-state index in [1.807, 2.05) is 0 Å². The van der Waals surface area contributed by atoms with E-state index < -0.39 is 47.9 Å². The van der Waals surface area contributed by atoms with E-state index in [0.717, 1.165) is 24.3 Å². The van der Waals surface area contributed by atoms with Gasteiger partial charge in [0, 0.05) is 29.1 Å². The number of hydrogen-bond acceptors (Lipinski definition) is 13. The summed E-state index contributed by atoms with van der Waals surface area (Å²) in [5.41, 5.74) is 7.61. The fraction of sp³-hybridized carbons (Fsp3) is 0.0606. The molecular formula is C33H27Br2ClN8O9S4-2. The molecule has 300 valence electrons. The third-order valence-corrected chi connectivity index (χ3v) is 10.9. The zero-order chi connectivity index (χ0) is 42.1. The van der Waals surface area contributed by atoms with E-state index in [0.29, 0.717) is 25.2 Å². The molecular weight excluding hydrogens is 976 g/mol. The monoisotopic (exact) mass is 1000 g/mol. The van der Waals surface area contributed by atoms with Crippen LogP contribution in [0.3, 0.4) is 0 Å². The van der Waals surface area contributed by atoms with Gasteiger partial charge < -0.3 is 35.5 Å². The number of anilines is 3. The fourth-order valence-electron chi connectivity index (χ4n) is 4.52. The third-order valence-electron chi connectivity index (χ3n) is 7.16. The Morgan fingerprint density at radius 2 is 1.26 bits per heavy atom. The second-order valence-corrected chi connectivity index (χ2v) is 16.8. The molecule has 1 atom stereocenters. The Balaban J connectivity index is 1.49. The molecule has 0 heterocycles. The molecule has 0 saturated heterocycles. The lowest BCUT2D eigenvalue weighted by atomic mass is 10.1. The van der Waals surface area contributed by atoms with Crippen LogP contribution in [0.1, 0.15) is 16.7 Å². The van der Waals surface area contributed by atoms with Gasteiger partial charge in [-0.25, -0.2) is 22.3 Å². The summed E-state index contributed by atoms with van der Waals surface area (Å²) in [6, 6.07) is 14.8. The molecule has 0 bridgehead atoms. The number of phenols is 1. The quantitative estimate of drug-likeness (QED) is 0.0244. The standard InChI is InChI=1S/C33H29Br2ClN8O9S4/c1-37-32(54)40-22-8-4-18(26(14-22)56(48,49)50)2-3-19-5-9-23(15-27(19)57(51,52)53)41-33(55)44-43-31(47)28(39-21-10-6-20(36)7-11-21)30(46)42-38-16-17-12-24(34)29(45)25(35)13-17/h2-16,28,39,45H,1H3,(H,42,46)(H,43,47)(H2,37,40,54)(H2,41,44,55)(H,48,49,50)(H,51,52,53)/p-2/b3-2+,38-16-. The number of hydrazone groups is 1. The second kappa shape index (κ2) is 19.6. The Labute approximate surface area is 358 Å². The van der Waals surface area contributed by atoms with Gasteiger partial charge in [-0.3, -0.25) is 20.4 Å². The van der Waals surface area contributed by atoms with Gasteiger partial charge in [0.2, 0.25) is 0 Å². The predicted octanol–water partition coefficient (Wildman–Crippen LogP) is 4.41. The molecule has 4 aromatic carbocycles. The molecule has 17 nitrogen and oxygen atoms in total. The van der Waals surface area contributed by atoms with E-state index in [9.17, 15) is 40.6 Å². The van der Waals surface area contributed by atoms with Crippen molar-refractivity contribution in [3.8, 4) is 5.75 Å². The number of hydrazine groups is 1. The van der Waals surface area contributed by atoms with Crippen LogP contribution < -0.4 is 37.5 Å². The highest BCUT2D eigenvalue weighted by atomic mass is 79.9. The first-order chi connectivity index (χ1) is 26.7. The number of amides is 2. The maximum absolute atomic E-state index is 13.3. The van der Waals surface area contributed by atoms with Crippen molar-refractivity contribution in [3.05, 3.63) is 103 Å². The van der Waals surface area contributed by atoms with Crippen molar-refractivity contribution in [1.29, 1.82) is 0 Å². The highest BCUT2D eigenvalue weighted by Crippen LogP contribution is 2.33. The van der Waals surface area contributed by atoms with Crippen molar-refractivity contribution in [3.63, 3.8) is 0 Å². The Morgan fingerprint density at radius 1 is 0.772 bits per heavy atom. The molecule has 0 spiro atoms. The first-order valence-corrected chi connectivity index (χ1v) is 21.1. The number of thiocarbonyl (C=S) groups is 2. The van der Waals surface area contributed by atoms with Gasteiger partial charge in [-0.1, -0.05) is 35.9 Å². The summed E-state index contributed by atoms with van der Waals surface area (Å²) in [5.74, 6) is -1.90. The van der Waals surface area contributed by atoms with Gasteiger partial charge in [0.05, 0.1) is 25.0 Å². The molecule has 1 unspecified atom stereocenters. The molecule has 4 aromatic rings. The maximum atomic E-state index is 13.3. The summed E-state index contributed by atoms with van der Waals surface area (Å²) in [6.07, 6.45) is 3.54. The Kier molecular flexibility index (Phi) is 15.5. The van der Waals surface area contributed by atoms with Crippen LogP contribution in [0.5, 0.6) is 5.75 Å². The molecule has 0 saturated carbocycles. The van der Waals surface area contributed by atoms with E-state index in [1.165, 1.54) is 73.9 Å². The molecule has 0 fully saturated rings. The summed E-state index contributed by atoms with van der Waals surface area (Å²) in [7, 11) is -8.63. The number of halogens is 3. The minimum atomic E-state index is -5.14. The van der Waals surface area contributed by atoms with Gasteiger partial charge in [-0.05, 0) is 134 Å². The van der Waals surface area contributed by atoms with Crippen molar-refractivity contribution in [2.75, 3.05) is 23.0 Å². The lowest BCUT2D eigenvalue weighted by molar-refractivity contribution is -0.130. The van der Waals surface area contributed by atoms with Crippen molar-refractivity contribution in [2.24, 2.45) is 5.10 Å². The van der Waals surface area contributed by atoms with Crippen LogP contribution in [0, 0.1) is 0 Å². The Morgan fingerprint density at radius 3 is 1.75 bits per heavy atom. The number of rotatable bonds is 12. The normalized spacial score (nSPS) is 12.1. The van der Waals surface area contributed by atoms with E-state index in [-0.39, 0.29) is 38.5 Å². The molecule has 2 amide bonds. The molecule has 4 rings (SSSR count). The lowest BCUT2D eigenvalue weighted by Crippen LogP contribution is -2.54. The molecule has 0 aliphatic rings. The summed E-state index contributed by atoms with van der Waals surface area (Å²) in [5, 5.41) is 24.7. The van der Waals surface area contributed by atoms with Gasteiger partial charge in [0.1, 0.15) is 26.0 Å². The lowest BCUT2D eigenvalue weighted by Gasteiger charge is -2.19. The number of nitrogens with one attached hydrogen (secondary N) is 7. The number of aromatic hydroxyl groups is 1. The van der Waals surface area contributed by atoms with E-state index in [4.69, 9.17) is 36.0 Å². The largest absolute Gasteiger partial charge is 0.744 e. The molecule has 0 radical (unpaired) electrons. The topological polar surface area (TPSA) is 265 Å². The van der Waals surface area contributed by atoms with E-state index in [2.05, 4.69) is 74.5 Å². The first kappa shape index (κ1) is 45.0. The van der Waals surface area contributed by atoms with Crippen molar-refractivity contribution >= 4 is 146 Å². The zero-order valence-corrected chi connectivity index (χ0v) is 35.9. The maximum Gasteiger partial charge on any atom is 0.272 e. The summed E-state index contributed by atoms with van der Waals surface area (Å²) in [6.45, 7) is 0. The molecule has 0 aromatic heterocycles. The molecule has 24 heteroatoms. The third kappa shape index (κ3) is 13.2. The highest BCUT2D eigenvalue weighted by Gasteiger charge is 2.27. The highest BCUT2D eigenvalue weighted by molar-refractivity contribution is 9.11. The van der Waals surface area contributed by atoms with Crippen LogP contribution in [0.15, 0.2) is 96.6 Å². The number of carbonyl (C=O) groups excluding carboxylic acids is 2. The van der Waals surface area contributed by atoms with Gasteiger partial charge in [0.25, 0.3) is 11.8 Å². The molecule has 0 aliphatic carbocycles. The van der Waals surface area contributed by atoms with Crippen molar-refractivity contribution in [2.45, 2.75) is 15.8 Å². The van der Waals surface area contributed by atoms with Crippen LogP contribution in [-0.4, -0.2) is 72.4 Å². The van der Waals surface area contributed by atoms with Gasteiger partial charge in [0.15, 0.2) is 16.3 Å². The van der Waals surface area contributed by atoms with E-state index in [1.54, 1.807) is 0 Å². The smallest absolute Gasteiger partial charge is 0.272 e. The van der Waals surface area contributed by atoms with Crippen LogP contribution in [0.25, 0.3) is 12.2 Å². The average molecular weight is 1000 g/mol. The second-order valence-electron chi connectivity index (χ2n) is 11.2. The molecule has 8 N–H and O–H groups in total. The predicted molar refractivity (Wildman–Crippen MR) is 229 cm³/mol. The number of phenolic OH excluding ortho intramolecular Hbond substituents is 1.